The number of nitrogens with one attached hydrogen (secondary N) is 3. The highest BCUT2D eigenvalue weighted by molar-refractivity contribution is 7.70. The standard InChI is InChI=1S/C44H52ClN10O5P/c1-6-27-19-34(48-42-46-24-32(45)40(50-42)47-33-9-7-8-10-38(33)61(4,5)58)37(59-3)21-35(27)53-16-13-28(14-17-53)54-25-44(26-54)22-30(23-44)60-29-11-12-31-36(20-29)52(2)51-41(31)55-18-15-39(56)49-43(55)57/h7-12,19-21,24,28,30H,6,13-18,22-23,25-26H2,1-5H3,(H,49,56,57)(H2,46,47,48,50). The number of rotatable bonds is 12. The second kappa shape index (κ2) is 16.2. The van der Waals surface area contributed by atoms with Crippen LogP contribution < -0.4 is 40.5 Å². The monoisotopic (exact) mass is 866 g/mol. The molecule has 1 aliphatic carbocycles. The third-order valence-electron chi connectivity index (χ3n) is 12.6. The van der Waals surface area contributed by atoms with Crippen molar-refractivity contribution in [2.45, 2.75) is 57.6 Å². The fraction of sp³-hybridized carbons (Fsp3) is 0.432. The third kappa shape index (κ3) is 8.11. The summed E-state index contributed by atoms with van der Waals surface area (Å²) in [5.74, 6) is 2.56. The maximum absolute atomic E-state index is 13.0. The number of nitrogens with zero attached hydrogens (tertiary/aromatic N) is 7. The van der Waals surface area contributed by atoms with E-state index in [0.29, 0.717) is 52.0 Å². The number of aromatic nitrogens is 4. The summed E-state index contributed by atoms with van der Waals surface area (Å²) in [6, 6.07) is 17.8. The third-order valence-corrected chi connectivity index (χ3v) is 14.5. The van der Waals surface area contributed by atoms with E-state index in [1.54, 1.807) is 31.3 Å². The minimum atomic E-state index is -2.55. The van der Waals surface area contributed by atoms with Gasteiger partial charge in [-0.3, -0.25) is 24.6 Å². The van der Waals surface area contributed by atoms with Gasteiger partial charge in [0.2, 0.25) is 11.9 Å². The van der Waals surface area contributed by atoms with Crippen LogP contribution in [0.2, 0.25) is 5.02 Å². The fourth-order valence-electron chi connectivity index (χ4n) is 9.51. The summed E-state index contributed by atoms with van der Waals surface area (Å²) in [5.41, 5.74) is 5.07. The number of fused-ring (bicyclic) bond motifs is 1. The first-order valence-corrected chi connectivity index (χ1v) is 23.9. The van der Waals surface area contributed by atoms with Gasteiger partial charge in [-0.1, -0.05) is 30.7 Å². The molecule has 5 heterocycles. The van der Waals surface area contributed by atoms with E-state index < -0.39 is 13.2 Å². The summed E-state index contributed by atoms with van der Waals surface area (Å²) in [7, 11) is 0.983. The molecule has 4 fully saturated rings. The van der Waals surface area contributed by atoms with Gasteiger partial charge in [-0.05, 0) is 81.3 Å². The average molecular weight is 867 g/mol. The minimum Gasteiger partial charge on any atom is -0.494 e. The number of ether oxygens (including phenoxy) is 2. The molecular formula is C44H52ClN10O5P. The van der Waals surface area contributed by atoms with E-state index in [1.807, 2.05) is 49.5 Å². The first kappa shape index (κ1) is 41.0. The Morgan fingerprint density at radius 3 is 2.49 bits per heavy atom. The van der Waals surface area contributed by atoms with Crippen LogP contribution in [0.3, 0.4) is 0 Å². The number of hydrogen-bond acceptors (Lipinski definition) is 12. The smallest absolute Gasteiger partial charge is 0.329 e. The Bertz CT molecular complexity index is 2560. The molecule has 0 bridgehead atoms. The molecule has 4 aliphatic rings. The summed E-state index contributed by atoms with van der Waals surface area (Å²) >= 11 is 6.53. The quantitative estimate of drug-likeness (QED) is 0.108. The van der Waals surface area contributed by atoms with Gasteiger partial charge in [0.15, 0.2) is 11.6 Å². The Labute approximate surface area is 360 Å². The maximum Gasteiger partial charge on any atom is 0.329 e. The Balaban J connectivity index is 0.787. The van der Waals surface area contributed by atoms with Crippen molar-refractivity contribution in [3.63, 3.8) is 0 Å². The lowest BCUT2D eigenvalue weighted by Crippen LogP contribution is -2.67. The molecule has 3 N–H and O–H groups in total. The number of anilines is 6. The van der Waals surface area contributed by atoms with Gasteiger partial charge in [0, 0.05) is 86.2 Å². The normalized spacial score (nSPS) is 18.5. The van der Waals surface area contributed by atoms with Crippen molar-refractivity contribution in [2.24, 2.45) is 12.5 Å². The number of carbonyl (C=O) groups excluding carboxylic acids is 2. The Morgan fingerprint density at radius 2 is 1.77 bits per heavy atom. The van der Waals surface area contributed by atoms with Crippen molar-refractivity contribution in [3.05, 3.63) is 71.4 Å². The van der Waals surface area contributed by atoms with E-state index in [2.05, 4.69) is 59.9 Å². The molecule has 17 heteroatoms. The van der Waals surface area contributed by atoms with Crippen molar-refractivity contribution in [2.75, 3.05) is 73.6 Å². The molecule has 15 nitrogen and oxygen atoms in total. The molecule has 9 rings (SSSR count). The number of halogens is 1. The van der Waals surface area contributed by atoms with Crippen LogP contribution in [0.5, 0.6) is 11.5 Å². The van der Waals surface area contributed by atoms with Gasteiger partial charge < -0.3 is 29.6 Å². The summed E-state index contributed by atoms with van der Waals surface area (Å²) < 4.78 is 27.1. The Hall–Kier alpha value is -5.37. The van der Waals surface area contributed by atoms with Crippen LogP contribution in [0.25, 0.3) is 10.9 Å². The number of aryl methyl sites for hydroxylation is 2. The molecule has 2 aromatic heterocycles. The summed E-state index contributed by atoms with van der Waals surface area (Å²) in [4.78, 5) is 40.0. The second-order valence-corrected chi connectivity index (χ2v) is 20.8. The van der Waals surface area contributed by atoms with Gasteiger partial charge in [0.05, 0.1) is 36.3 Å². The average Bonchev–Trinajstić information content (AvgIpc) is 3.54. The van der Waals surface area contributed by atoms with Crippen LogP contribution in [-0.4, -0.2) is 102 Å². The van der Waals surface area contributed by atoms with Gasteiger partial charge in [0.1, 0.15) is 23.7 Å². The van der Waals surface area contributed by atoms with Gasteiger partial charge in [-0.25, -0.2) is 9.78 Å². The molecule has 5 aromatic rings. The second-order valence-electron chi connectivity index (χ2n) is 17.2. The van der Waals surface area contributed by atoms with Crippen molar-refractivity contribution < 1.29 is 23.6 Å². The minimum absolute atomic E-state index is 0.179. The van der Waals surface area contributed by atoms with E-state index in [9.17, 15) is 14.2 Å². The van der Waals surface area contributed by atoms with E-state index in [4.69, 9.17) is 21.1 Å². The van der Waals surface area contributed by atoms with Crippen molar-refractivity contribution in [3.8, 4) is 11.5 Å². The summed E-state index contributed by atoms with van der Waals surface area (Å²) in [6.07, 6.45) is 7.14. The van der Waals surface area contributed by atoms with Gasteiger partial charge in [-0.2, -0.15) is 10.1 Å². The number of piperidine rings is 1. The lowest BCUT2D eigenvalue weighted by molar-refractivity contribution is -0.136. The number of benzene rings is 3. The molecule has 0 unspecified atom stereocenters. The van der Waals surface area contributed by atoms with Crippen LogP contribution in [0, 0.1) is 5.41 Å². The van der Waals surface area contributed by atoms with Gasteiger partial charge in [-0.15, -0.1) is 0 Å². The van der Waals surface area contributed by atoms with Crippen LogP contribution >= 0.6 is 18.7 Å². The predicted octanol–water partition coefficient (Wildman–Crippen LogP) is 7.28. The van der Waals surface area contributed by atoms with Crippen molar-refractivity contribution in [1.29, 1.82) is 0 Å². The van der Waals surface area contributed by atoms with E-state index in [1.165, 1.54) is 16.2 Å². The number of likely N-dealkylation sites (tertiary alicyclic amines) is 1. The van der Waals surface area contributed by atoms with Gasteiger partial charge in [0.25, 0.3) is 0 Å². The summed E-state index contributed by atoms with van der Waals surface area (Å²) in [6.45, 7) is 10.1. The zero-order valence-electron chi connectivity index (χ0n) is 35.2. The van der Waals surface area contributed by atoms with Crippen LogP contribution in [-0.2, 0) is 22.8 Å². The van der Waals surface area contributed by atoms with E-state index in [-0.39, 0.29) is 18.4 Å². The maximum atomic E-state index is 13.0. The molecule has 0 radical (unpaired) electrons. The molecule has 320 valence electrons. The number of urea groups is 1. The molecule has 0 atom stereocenters. The first-order valence-electron chi connectivity index (χ1n) is 21.0. The van der Waals surface area contributed by atoms with Crippen LogP contribution in [0.4, 0.5) is 39.4 Å². The number of hydrogen-bond donors (Lipinski definition) is 3. The number of imide groups is 1. The highest BCUT2D eigenvalue weighted by Crippen LogP contribution is 2.51. The van der Waals surface area contributed by atoms with Crippen LogP contribution in [0.1, 0.15) is 44.6 Å². The molecular weight excluding hydrogens is 815 g/mol. The summed E-state index contributed by atoms with van der Waals surface area (Å²) in [5, 5.41) is 15.5. The van der Waals surface area contributed by atoms with E-state index >= 15 is 0 Å². The highest BCUT2D eigenvalue weighted by atomic mass is 35.5. The first-order chi connectivity index (χ1) is 29.3. The molecule has 61 heavy (non-hydrogen) atoms. The Kier molecular flexibility index (Phi) is 10.9. The topological polar surface area (TPSA) is 159 Å². The van der Waals surface area contributed by atoms with Crippen LogP contribution in [0.15, 0.2) is 60.8 Å². The number of para-hydroxylation sites is 1. The molecule has 3 aliphatic heterocycles. The van der Waals surface area contributed by atoms with Crippen molar-refractivity contribution in [1.82, 2.24) is 30.0 Å². The zero-order chi connectivity index (χ0) is 42.6. The largest absolute Gasteiger partial charge is 0.494 e. The molecule has 1 saturated carbocycles. The lowest BCUT2D eigenvalue weighted by Gasteiger charge is -2.61. The number of amides is 3. The molecule has 3 amide bonds. The highest BCUT2D eigenvalue weighted by Gasteiger charge is 2.54. The van der Waals surface area contributed by atoms with Gasteiger partial charge >= 0.3 is 6.03 Å². The molecule has 1 spiro atoms. The number of methoxy groups -OCH3 is 1. The fourth-order valence-corrected chi connectivity index (χ4v) is 10.8. The van der Waals surface area contributed by atoms with Crippen molar-refractivity contribution >= 4 is 81.5 Å². The Morgan fingerprint density at radius 1 is 1.00 bits per heavy atom. The predicted molar refractivity (Wildman–Crippen MR) is 241 cm³/mol. The zero-order valence-corrected chi connectivity index (χ0v) is 36.9. The number of carbonyl (C=O) groups is 2. The van der Waals surface area contributed by atoms with E-state index in [0.717, 1.165) is 85.9 Å². The lowest BCUT2D eigenvalue weighted by atomic mass is 9.61. The molecule has 3 aromatic carbocycles. The molecule has 3 saturated heterocycles. The SMILES string of the molecule is CCc1cc(Nc2ncc(Cl)c(Nc3ccccc3P(C)(C)=O)n2)c(OC)cc1N1CCC(N2CC3(CC(Oc4ccc5c(N6CCC(=O)NC6=O)nn(C)c5c4)C3)C2)CC1.